The van der Waals surface area contributed by atoms with Crippen molar-refractivity contribution in [3.05, 3.63) is 29.6 Å². The van der Waals surface area contributed by atoms with Gasteiger partial charge in [-0.3, -0.25) is 4.84 Å². The zero-order chi connectivity index (χ0) is 21.9. The van der Waals surface area contributed by atoms with Crippen molar-refractivity contribution in [3.8, 4) is 0 Å². The van der Waals surface area contributed by atoms with Crippen LogP contribution >= 0.6 is 0 Å². The van der Waals surface area contributed by atoms with Gasteiger partial charge in [0.05, 0.1) is 27.8 Å². The number of benzene rings is 1. The summed E-state index contributed by atoms with van der Waals surface area (Å²) in [6, 6.07) is 5.56. The Morgan fingerprint density at radius 3 is 2.50 bits per heavy atom. The first-order valence-electron chi connectivity index (χ1n) is 10.4. The van der Waals surface area contributed by atoms with E-state index >= 15 is 0 Å². The molecule has 2 fully saturated rings. The van der Waals surface area contributed by atoms with Gasteiger partial charge in [0, 0.05) is 12.1 Å². The van der Waals surface area contributed by atoms with E-state index in [0.717, 1.165) is 16.5 Å². The van der Waals surface area contributed by atoms with Crippen LogP contribution in [0.15, 0.2) is 23.8 Å². The molecule has 160 valence electrons. The third-order valence-corrected chi connectivity index (χ3v) is 6.05. The first-order chi connectivity index (χ1) is 13.9. The quantitative estimate of drug-likeness (QED) is 0.618. The van der Waals surface area contributed by atoms with Gasteiger partial charge in [-0.25, -0.2) is 9.78 Å². The van der Waals surface area contributed by atoms with E-state index in [2.05, 4.69) is 10.9 Å². The van der Waals surface area contributed by atoms with Crippen LogP contribution in [0.2, 0.25) is 0 Å². The highest BCUT2D eigenvalue weighted by atomic mass is 16.7. The molecule has 2 aromatic rings. The Morgan fingerprint density at radius 2 is 1.90 bits per heavy atom. The number of aromatic amines is 1. The maximum absolute atomic E-state index is 11.5. The highest BCUT2D eigenvalue weighted by Crippen LogP contribution is 2.38. The van der Waals surface area contributed by atoms with Crippen LogP contribution in [-0.4, -0.2) is 51.4 Å². The van der Waals surface area contributed by atoms with Crippen molar-refractivity contribution in [2.75, 3.05) is 6.54 Å². The van der Waals surface area contributed by atoms with Crippen molar-refractivity contribution in [3.63, 3.8) is 0 Å². The lowest BCUT2D eigenvalue weighted by Gasteiger charge is -2.32. The SMILES string of the molecule is CC(C)(C)ON1CCC(=C=O)[C@H]1c1nc2ccc(B3OC(C)(C)C(C)(C)O3)cc2[nH]1. The van der Waals surface area contributed by atoms with Gasteiger partial charge >= 0.3 is 7.12 Å². The highest BCUT2D eigenvalue weighted by Gasteiger charge is 2.51. The Labute approximate surface area is 177 Å². The van der Waals surface area contributed by atoms with Gasteiger partial charge < -0.3 is 14.3 Å². The summed E-state index contributed by atoms with van der Waals surface area (Å²) in [5, 5.41) is 1.83. The topological polar surface area (TPSA) is 76.7 Å². The molecule has 3 heterocycles. The Hall–Kier alpha value is -1.96. The van der Waals surface area contributed by atoms with E-state index in [4.69, 9.17) is 19.1 Å². The minimum atomic E-state index is -0.441. The fraction of sp³-hybridized carbons (Fsp3) is 0.591. The van der Waals surface area contributed by atoms with Gasteiger partial charge in [-0.05, 0) is 72.5 Å². The molecule has 0 spiro atoms. The zero-order valence-corrected chi connectivity index (χ0v) is 18.8. The normalized spacial score (nSPS) is 24.0. The molecule has 0 aliphatic carbocycles. The van der Waals surface area contributed by atoms with Gasteiger partial charge in [0.25, 0.3) is 0 Å². The number of carbonyl (C=O) groups excluding carboxylic acids is 1. The van der Waals surface area contributed by atoms with Crippen LogP contribution in [0.3, 0.4) is 0 Å². The van der Waals surface area contributed by atoms with Gasteiger partial charge in [-0.1, -0.05) is 6.07 Å². The van der Waals surface area contributed by atoms with E-state index in [9.17, 15) is 4.79 Å². The Balaban J connectivity index is 1.66. The van der Waals surface area contributed by atoms with Crippen molar-refractivity contribution in [1.29, 1.82) is 0 Å². The molecule has 1 atom stereocenters. The van der Waals surface area contributed by atoms with Crippen LogP contribution < -0.4 is 5.46 Å². The number of aromatic nitrogens is 2. The molecule has 8 heteroatoms. The smallest absolute Gasteiger partial charge is 0.399 e. The lowest BCUT2D eigenvalue weighted by molar-refractivity contribution is -0.235. The summed E-state index contributed by atoms with van der Waals surface area (Å²) in [5.74, 6) is 2.77. The van der Waals surface area contributed by atoms with Gasteiger partial charge in [0.15, 0.2) is 0 Å². The molecule has 2 aliphatic heterocycles. The van der Waals surface area contributed by atoms with Crippen LogP contribution in [0.25, 0.3) is 11.0 Å². The molecule has 0 unspecified atom stereocenters. The van der Waals surface area contributed by atoms with E-state index in [1.807, 2.05) is 71.7 Å². The number of hydrogen-bond donors (Lipinski definition) is 1. The summed E-state index contributed by atoms with van der Waals surface area (Å²) in [4.78, 5) is 25.7. The van der Waals surface area contributed by atoms with Gasteiger partial charge in [0.1, 0.15) is 17.8 Å². The number of nitrogens with zero attached hydrogens (tertiary/aromatic N) is 2. The van der Waals surface area contributed by atoms with E-state index in [1.54, 1.807) is 0 Å². The highest BCUT2D eigenvalue weighted by molar-refractivity contribution is 6.62. The molecule has 0 amide bonds. The summed E-state index contributed by atoms with van der Waals surface area (Å²) in [6.07, 6.45) is 0.612. The number of rotatable bonds is 3. The van der Waals surface area contributed by atoms with Crippen LogP contribution in [0.5, 0.6) is 0 Å². The first kappa shape index (κ1) is 21.3. The van der Waals surface area contributed by atoms with E-state index < -0.39 is 18.3 Å². The van der Waals surface area contributed by atoms with Gasteiger partial charge in [0.2, 0.25) is 0 Å². The fourth-order valence-corrected chi connectivity index (χ4v) is 3.83. The van der Waals surface area contributed by atoms with Crippen LogP contribution in [0.4, 0.5) is 0 Å². The average Bonchev–Trinajstić information content (AvgIpc) is 3.26. The lowest BCUT2D eigenvalue weighted by Crippen LogP contribution is -2.41. The molecule has 2 saturated heterocycles. The Kier molecular flexibility index (Phi) is 5.00. The average molecular weight is 411 g/mol. The third kappa shape index (κ3) is 3.75. The molecule has 1 aromatic carbocycles. The standard InChI is InChI=1S/C22H30BN3O4/c1-20(2,3)30-26-11-10-14(13-27)18(26)19-24-16-9-8-15(12-17(16)25-19)23-28-21(4,5)22(6,7)29-23/h8-9,12,18H,10-11H2,1-7H3,(H,24,25)/t18-/m0/s1. The molecule has 1 aromatic heterocycles. The summed E-state index contributed by atoms with van der Waals surface area (Å²) >= 11 is 0. The van der Waals surface area contributed by atoms with Crippen LogP contribution in [-0.2, 0) is 18.9 Å². The molecular weight excluding hydrogens is 381 g/mol. The van der Waals surface area contributed by atoms with Crippen molar-refractivity contribution in [2.24, 2.45) is 0 Å². The summed E-state index contributed by atoms with van der Waals surface area (Å²) in [5.41, 5.74) is 2.09. The maximum atomic E-state index is 11.5. The van der Waals surface area contributed by atoms with Crippen molar-refractivity contribution in [1.82, 2.24) is 15.0 Å². The molecular formula is C22H30BN3O4. The minimum Gasteiger partial charge on any atom is -0.399 e. The predicted octanol–water partition coefficient (Wildman–Crippen LogP) is 3.10. The number of hydroxylamine groups is 2. The summed E-state index contributed by atoms with van der Waals surface area (Å²) in [7, 11) is -0.441. The number of imidazole rings is 1. The van der Waals surface area contributed by atoms with Crippen molar-refractivity contribution in [2.45, 2.75) is 77.7 Å². The summed E-state index contributed by atoms with van der Waals surface area (Å²) < 4.78 is 12.3. The predicted molar refractivity (Wildman–Crippen MR) is 116 cm³/mol. The number of fused-ring (bicyclic) bond motifs is 1. The molecule has 2 aliphatic rings. The second-order valence-corrected chi connectivity index (χ2v) is 10.1. The maximum Gasteiger partial charge on any atom is 0.494 e. The number of H-pyrrole nitrogens is 1. The Bertz CT molecular complexity index is 1000. The molecule has 0 bridgehead atoms. The van der Waals surface area contributed by atoms with Gasteiger partial charge in [-0.2, -0.15) is 5.06 Å². The lowest BCUT2D eigenvalue weighted by atomic mass is 9.79. The zero-order valence-electron chi connectivity index (χ0n) is 18.8. The van der Waals surface area contributed by atoms with Crippen molar-refractivity contribution < 1.29 is 18.9 Å². The Morgan fingerprint density at radius 1 is 1.23 bits per heavy atom. The van der Waals surface area contributed by atoms with Crippen LogP contribution in [0, 0.1) is 0 Å². The monoisotopic (exact) mass is 411 g/mol. The molecule has 4 rings (SSSR count). The largest absolute Gasteiger partial charge is 0.494 e. The van der Waals surface area contributed by atoms with Crippen LogP contribution in [0.1, 0.15) is 66.8 Å². The first-order valence-corrected chi connectivity index (χ1v) is 10.4. The minimum absolute atomic E-state index is 0.366. The second kappa shape index (κ2) is 7.04. The van der Waals surface area contributed by atoms with E-state index in [0.29, 0.717) is 24.4 Å². The molecule has 1 N–H and O–H groups in total. The third-order valence-electron chi connectivity index (χ3n) is 6.05. The number of hydrogen-bond acceptors (Lipinski definition) is 6. The van der Waals surface area contributed by atoms with E-state index in [1.165, 1.54) is 0 Å². The van der Waals surface area contributed by atoms with E-state index in [-0.39, 0.29) is 11.6 Å². The van der Waals surface area contributed by atoms with Gasteiger partial charge in [-0.15, -0.1) is 0 Å². The second-order valence-electron chi connectivity index (χ2n) is 10.1. The molecule has 7 nitrogen and oxygen atoms in total. The number of nitrogens with one attached hydrogen (secondary N) is 1. The fourth-order valence-electron chi connectivity index (χ4n) is 3.83. The van der Waals surface area contributed by atoms with Crippen molar-refractivity contribution >= 4 is 29.6 Å². The molecule has 30 heavy (non-hydrogen) atoms. The molecule has 0 saturated carbocycles. The summed E-state index contributed by atoms with van der Waals surface area (Å²) in [6.45, 7) is 14.7. The molecule has 0 radical (unpaired) electrons.